The van der Waals surface area contributed by atoms with Crippen molar-refractivity contribution >= 4 is 0 Å². The van der Waals surface area contributed by atoms with Crippen molar-refractivity contribution in [3.05, 3.63) is 0 Å². The molecule has 0 atom stereocenters. The molecule has 0 aromatic heterocycles. The zero-order valence-electron chi connectivity index (χ0n) is 4.69. The van der Waals surface area contributed by atoms with Gasteiger partial charge in [0.2, 0.25) is 0 Å². The molecule has 0 aliphatic heterocycles. The van der Waals surface area contributed by atoms with Crippen LogP contribution in [0.2, 0.25) is 5.52 Å². The van der Waals surface area contributed by atoms with Crippen LogP contribution >= 0.6 is 0 Å². The molecule has 0 amide bonds. The Balaban J connectivity index is 0. The van der Waals surface area contributed by atoms with Crippen LogP contribution in [0.4, 0.5) is 0 Å². The van der Waals surface area contributed by atoms with E-state index in [0.29, 0.717) is 0 Å². The molecule has 0 saturated carbocycles. The summed E-state index contributed by atoms with van der Waals surface area (Å²) in [7, 11) is 0. The van der Waals surface area contributed by atoms with Crippen LogP contribution in [-0.2, 0) is 18.3 Å². The van der Waals surface area contributed by atoms with Crippen LogP contribution in [-0.4, -0.2) is 6.10 Å². The molecular formula is C4H10OZn. The van der Waals surface area contributed by atoms with Gasteiger partial charge < -0.3 is 5.11 Å². The third kappa shape index (κ3) is 173. The maximum absolute atomic E-state index is 9.53. The summed E-state index contributed by atoms with van der Waals surface area (Å²) in [4.78, 5) is 0. The quantitative estimate of drug-likeness (QED) is 0.444. The topological polar surface area (TPSA) is 23.1 Å². The number of rotatable bonds is 0. The summed E-state index contributed by atoms with van der Waals surface area (Å²) in [5.41, 5.74) is 2.12. The Morgan fingerprint density at radius 3 is 1.33 bits per heavy atom. The summed E-state index contributed by atoms with van der Waals surface area (Å²) in [6.45, 7) is 3.22. The fraction of sp³-hybridized carbons (Fsp3) is 1.00. The van der Waals surface area contributed by atoms with Crippen LogP contribution < -0.4 is 5.11 Å². The zero-order chi connectivity index (χ0) is 5.58. The molecule has 0 fully saturated rings. The van der Waals surface area contributed by atoms with E-state index >= 15 is 0 Å². The molecule has 0 aromatic carbocycles. The number of hydrogen-bond acceptors (Lipinski definition) is 1. The van der Waals surface area contributed by atoms with Gasteiger partial charge in [0.05, 0.1) is 0 Å². The summed E-state index contributed by atoms with van der Waals surface area (Å²) >= 11 is 1.38. The van der Waals surface area contributed by atoms with Gasteiger partial charge in [-0.25, -0.2) is 0 Å². The van der Waals surface area contributed by atoms with Gasteiger partial charge in [0, 0.05) is 0 Å². The first-order valence-corrected chi connectivity index (χ1v) is 5.06. The standard InChI is InChI=1S/C3H7O.CH3.Zn/c1-3(2)4;;/h3H,1-2H3;1H3;/q-1;;+1. The van der Waals surface area contributed by atoms with Crippen molar-refractivity contribution in [3.63, 3.8) is 0 Å². The van der Waals surface area contributed by atoms with Crippen molar-refractivity contribution in [1.29, 1.82) is 0 Å². The first-order chi connectivity index (χ1) is 2.73. The van der Waals surface area contributed by atoms with Crippen LogP contribution in [0.25, 0.3) is 0 Å². The van der Waals surface area contributed by atoms with Gasteiger partial charge in [-0.2, -0.15) is 0 Å². The minimum absolute atomic E-state index is 0.417. The molecule has 0 bridgehead atoms. The molecule has 0 aromatic rings. The van der Waals surface area contributed by atoms with Gasteiger partial charge in [0.15, 0.2) is 0 Å². The first-order valence-electron chi connectivity index (χ1n) is 2.10. The zero-order valence-corrected chi connectivity index (χ0v) is 7.66. The molecule has 0 unspecified atom stereocenters. The molecule has 0 saturated heterocycles. The van der Waals surface area contributed by atoms with Crippen molar-refractivity contribution in [2.45, 2.75) is 25.5 Å². The fourth-order valence-electron chi connectivity index (χ4n) is 0. The molecule has 0 heterocycles. The Morgan fingerprint density at radius 2 is 1.33 bits per heavy atom. The molecule has 0 N–H and O–H groups in total. The van der Waals surface area contributed by atoms with E-state index in [0.717, 1.165) is 0 Å². The molecular weight excluding hydrogens is 129 g/mol. The van der Waals surface area contributed by atoms with Crippen molar-refractivity contribution in [2.75, 3.05) is 0 Å². The predicted octanol–water partition coefficient (Wildman–Crippen LogP) is 0.336. The van der Waals surface area contributed by atoms with E-state index < -0.39 is 6.10 Å². The van der Waals surface area contributed by atoms with Crippen molar-refractivity contribution in [3.8, 4) is 0 Å². The average Bonchev–Trinajstić information content (AvgIpc) is 1.41. The second-order valence-corrected chi connectivity index (χ2v) is 1.05. The molecule has 2 heteroatoms. The van der Waals surface area contributed by atoms with E-state index in [2.05, 4.69) is 5.52 Å². The van der Waals surface area contributed by atoms with Crippen LogP contribution in [0, 0.1) is 0 Å². The van der Waals surface area contributed by atoms with Gasteiger partial charge in [-0.05, 0) is 0 Å². The van der Waals surface area contributed by atoms with E-state index in [-0.39, 0.29) is 0 Å². The predicted molar refractivity (Wildman–Crippen MR) is 21.0 cm³/mol. The van der Waals surface area contributed by atoms with Crippen LogP contribution in [0.1, 0.15) is 13.8 Å². The Labute approximate surface area is 49.4 Å². The van der Waals surface area contributed by atoms with Gasteiger partial charge in [-0.15, -0.1) is 6.10 Å². The average molecular weight is 140 g/mol. The summed E-state index contributed by atoms with van der Waals surface area (Å²) in [6.07, 6.45) is -0.417. The summed E-state index contributed by atoms with van der Waals surface area (Å²) < 4.78 is 0. The van der Waals surface area contributed by atoms with E-state index in [1.807, 2.05) is 0 Å². The third-order valence-corrected chi connectivity index (χ3v) is 0. The van der Waals surface area contributed by atoms with Gasteiger partial charge in [0.25, 0.3) is 0 Å². The summed E-state index contributed by atoms with van der Waals surface area (Å²) in [5.74, 6) is 0. The maximum atomic E-state index is 9.53. The van der Waals surface area contributed by atoms with Crippen molar-refractivity contribution in [1.82, 2.24) is 0 Å². The number of hydrogen-bond donors (Lipinski definition) is 0. The second-order valence-electron chi connectivity index (χ2n) is 1.05. The first kappa shape index (κ1) is 9.77. The minimum atomic E-state index is -0.417. The van der Waals surface area contributed by atoms with Crippen molar-refractivity contribution < 1.29 is 23.4 Å². The Bertz CT molecular complexity index is 12.3. The van der Waals surface area contributed by atoms with Crippen LogP contribution in [0.15, 0.2) is 0 Å². The molecule has 6 heavy (non-hydrogen) atoms. The van der Waals surface area contributed by atoms with Gasteiger partial charge >= 0.3 is 23.8 Å². The Morgan fingerprint density at radius 1 is 1.33 bits per heavy atom. The second kappa shape index (κ2) is 9.13. The molecule has 0 radical (unpaired) electrons. The third-order valence-electron chi connectivity index (χ3n) is 0. The van der Waals surface area contributed by atoms with E-state index in [1.54, 1.807) is 13.8 Å². The SMILES string of the molecule is CC(C)[O-].[CH3][Zn+]. The molecule has 0 aliphatic rings. The Kier molecular flexibility index (Phi) is 14.9. The fourth-order valence-corrected chi connectivity index (χ4v) is 0. The molecule has 0 rings (SSSR count). The normalized spacial score (nSPS) is 7.17. The summed E-state index contributed by atoms with van der Waals surface area (Å²) in [5, 5.41) is 9.53. The van der Waals surface area contributed by atoms with Crippen molar-refractivity contribution in [2.24, 2.45) is 0 Å². The van der Waals surface area contributed by atoms with E-state index in [9.17, 15) is 5.11 Å². The molecule has 0 aliphatic carbocycles. The van der Waals surface area contributed by atoms with E-state index in [4.69, 9.17) is 0 Å². The molecule has 1 nitrogen and oxygen atoms in total. The molecule has 34 valence electrons. The Hall–Kier alpha value is 0.583. The van der Waals surface area contributed by atoms with E-state index in [1.165, 1.54) is 18.3 Å². The van der Waals surface area contributed by atoms with Gasteiger partial charge in [0.1, 0.15) is 0 Å². The molecule has 0 spiro atoms. The monoisotopic (exact) mass is 138 g/mol. The van der Waals surface area contributed by atoms with Crippen LogP contribution in [0.5, 0.6) is 0 Å². The van der Waals surface area contributed by atoms with Crippen LogP contribution in [0.3, 0.4) is 0 Å². The van der Waals surface area contributed by atoms with Gasteiger partial charge in [-0.3, -0.25) is 0 Å². The van der Waals surface area contributed by atoms with Gasteiger partial charge in [-0.1, -0.05) is 13.8 Å². The summed E-state index contributed by atoms with van der Waals surface area (Å²) in [6, 6.07) is 0.